The number of hydrogen-bond donors (Lipinski definition) is 4. The summed E-state index contributed by atoms with van der Waals surface area (Å²) in [6.45, 7) is 5.50. The Bertz CT molecular complexity index is 784. The van der Waals surface area contributed by atoms with Crippen LogP contribution >= 0.6 is 11.3 Å². The maximum atomic E-state index is 11.5. The summed E-state index contributed by atoms with van der Waals surface area (Å²) in [6, 6.07) is 8.86. The summed E-state index contributed by atoms with van der Waals surface area (Å²) < 4.78 is 5.38. The summed E-state index contributed by atoms with van der Waals surface area (Å²) in [5.41, 5.74) is 12.6. The maximum absolute atomic E-state index is 11.5. The molecule has 0 aliphatic heterocycles. The largest absolute Gasteiger partial charge is 0.377 e. The Labute approximate surface area is 156 Å². The van der Waals surface area contributed by atoms with Gasteiger partial charge < -0.3 is 21.5 Å². The summed E-state index contributed by atoms with van der Waals surface area (Å²) in [4.78, 5) is 23.4. The van der Waals surface area contributed by atoms with Crippen LogP contribution in [0.4, 0.5) is 9.80 Å². The molecule has 7 nitrogen and oxygen atoms in total. The third-order valence-corrected chi connectivity index (χ3v) is 5.00. The lowest BCUT2D eigenvalue weighted by atomic mass is 10.1. The lowest BCUT2D eigenvalue weighted by molar-refractivity contribution is 0.0230. The number of thiophene rings is 1. The third kappa shape index (κ3) is 5.29. The number of primary amides is 2. The predicted molar refractivity (Wildman–Crippen MR) is 104 cm³/mol. The lowest BCUT2D eigenvalue weighted by Gasteiger charge is -2.23. The molecule has 2 aromatic rings. The van der Waals surface area contributed by atoms with Gasteiger partial charge in [-0.25, -0.2) is 4.79 Å². The monoisotopic (exact) mass is 376 g/mol. The fourth-order valence-electron chi connectivity index (χ4n) is 2.29. The zero-order chi connectivity index (χ0) is 19.3. The van der Waals surface area contributed by atoms with E-state index in [1.165, 1.54) is 11.3 Å². The van der Waals surface area contributed by atoms with Crippen LogP contribution in [0.1, 0.15) is 29.8 Å². The molecule has 0 saturated heterocycles. The summed E-state index contributed by atoms with van der Waals surface area (Å²) in [5.74, 6) is -0.613. The highest BCUT2D eigenvalue weighted by molar-refractivity contribution is 7.20. The molecular formula is C18H24N4O3S. The van der Waals surface area contributed by atoms with E-state index in [-0.39, 0.29) is 11.2 Å². The number of hydrogen-bond acceptors (Lipinski definition) is 5. The smallest absolute Gasteiger partial charge is 0.317 e. The van der Waals surface area contributed by atoms with E-state index in [4.69, 9.17) is 16.2 Å². The first-order valence-corrected chi connectivity index (χ1v) is 8.89. The van der Waals surface area contributed by atoms with E-state index in [0.717, 1.165) is 29.1 Å². The standard InChI is InChI=1S/C18H24N4O3S/c1-18(2,25-3)10-21-9-11-4-6-12(7-5-11)14-8-13(15(19)23)16(26-14)22-17(20)24/h4-8,21H,9-10H2,1-3H3,(H2,19,23)(H3,20,22,24). The van der Waals surface area contributed by atoms with Crippen molar-refractivity contribution in [3.8, 4) is 10.4 Å². The van der Waals surface area contributed by atoms with Crippen LogP contribution in [0, 0.1) is 0 Å². The number of carbonyl (C=O) groups is 2. The normalized spacial score (nSPS) is 11.3. The maximum Gasteiger partial charge on any atom is 0.317 e. The van der Waals surface area contributed by atoms with E-state index >= 15 is 0 Å². The first-order chi connectivity index (χ1) is 12.2. The molecule has 3 amide bonds. The van der Waals surface area contributed by atoms with Crippen molar-refractivity contribution in [3.63, 3.8) is 0 Å². The van der Waals surface area contributed by atoms with Crippen molar-refractivity contribution in [3.05, 3.63) is 41.5 Å². The number of urea groups is 1. The Kier molecular flexibility index (Phi) is 6.36. The molecule has 6 N–H and O–H groups in total. The quantitative estimate of drug-likeness (QED) is 0.566. The number of ether oxygens (including phenoxy) is 1. The van der Waals surface area contributed by atoms with E-state index in [1.807, 2.05) is 38.1 Å². The van der Waals surface area contributed by atoms with Crippen LogP contribution in [-0.2, 0) is 11.3 Å². The Hall–Kier alpha value is -2.42. The van der Waals surface area contributed by atoms with Crippen molar-refractivity contribution in [1.82, 2.24) is 5.32 Å². The molecular weight excluding hydrogens is 352 g/mol. The Balaban J connectivity index is 2.10. The fraction of sp³-hybridized carbons (Fsp3) is 0.333. The van der Waals surface area contributed by atoms with Crippen molar-refractivity contribution < 1.29 is 14.3 Å². The highest BCUT2D eigenvalue weighted by atomic mass is 32.1. The first-order valence-electron chi connectivity index (χ1n) is 8.07. The van der Waals surface area contributed by atoms with Crippen molar-refractivity contribution >= 4 is 28.3 Å². The van der Waals surface area contributed by atoms with Crippen LogP contribution in [0.25, 0.3) is 10.4 Å². The average molecular weight is 376 g/mol. The van der Waals surface area contributed by atoms with Gasteiger partial charge in [0, 0.05) is 25.1 Å². The molecule has 0 radical (unpaired) electrons. The highest BCUT2D eigenvalue weighted by Crippen LogP contribution is 2.35. The van der Waals surface area contributed by atoms with Crippen LogP contribution in [0.15, 0.2) is 30.3 Å². The van der Waals surface area contributed by atoms with Gasteiger partial charge in [0.25, 0.3) is 5.91 Å². The highest BCUT2D eigenvalue weighted by Gasteiger charge is 2.17. The molecule has 2 rings (SSSR count). The van der Waals surface area contributed by atoms with Crippen LogP contribution in [0.2, 0.25) is 0 Å². The van der Waals surface area contributed by atoms with Gasteiger partial charge in [-0.15, -0.1) is 11.3 Å². The average Bonchev–Trinajstić information content (AvgIpc) is 2.98. The number of carbonyl (C=O) groups excluding carboxylic acids is 2. The lowest BCUT2D eigenvalue weighted by Crippen LogP contribution is -2.36. The van der Waals surface area contributed by atoms with Crippen LogP contribution in [0.5, 0.6) is 0 Å². The molecule has 0 spiro atoms. The second kappa shape index (κ2) is 8.31. The second-order valence-electron chi connectivity index (χ2n) is 6.47. The van der Waals surface area contributed by atoms with Gasteiger partial charge in [0.15, 0.2) is 0 Å². The molecule has 26 heavy (non-hydrogen) atoms. The molecule has 0 unspecified atom stereocenters. The minimum Gasteiger partial charge on any atom is -0.377 e. The van der Waals surface area contributed by atoms with Gasteiger partial charge in [-0.2, -0.15) is 0 Å². The number of rotatable bonds is 8. The van der Waals surface area contributed by atoms with Gasteiger partial charge in [0.1, 0.15) is 5.00 Å². The van der Waals surface area contributed by atoms with E-state index < -0.39 is 11.9 Å². The fourth-order valence-corrected chi connectivity index (χ4v) is 3.36. The molecule has 0 bridgehead atoms. The molecule has 0 fully saturated rings. The Morgan fingerprint density at radius 1 is 1.19 bits per heavy atom. The predicted octanol–water partition coefficient (Wildman–Crippen LogP) is 2.52. The minimum atomic E-state index is -0.735. The summed E-state index contributed by atoms with van der Waals surface area (Å²) >= 11 is 1.25. The van der Waals surface area contributed by atoms with E-state index in [1.54, 1.807) is 13.2 Å². The Morgan fingerprint density at radius 2 is 1.85 bits per heavy atom. The van der Waals surface area contributed by atoms with Gasteiger partial charge in [-0.05, 0) is 31.0 Å². The minimum absolute atomic E-state index is 0.216. The van der Waals surface area contributed by atoms with Gasteiger partial charge in [-0.1, -0.05) is 24.3 Å². The second-order valence-corrected chi connectivity index (χ2v) is 7.52. The number of nitrogens with one attached hydrogen (secondary N) is 2. The third-order valence-electron chi connectivity index (χ3n) is 3.91. The van der Waals surface area contributed by atoms with E-state index in [2.05, 4.69) is 10.6 Å². The molecule has 1 aromatic carbocycles. The zero-order valence-corrected chi connectivity index (χ0v) is 15.9. The molecule has 140 valence electrons. The molecule has 0 aliphatic carbocycles. The number of benzene rings is 1. The molecule has 1 heterocycles. The van der Waals surface area contributed by atoms with E-state index in [0.29, 0.717) is 5.00 Å². The van der Waals surface area contributed by atoms with Crippen molar-refractivity contribution in [2.45, 2.75) is 26.0 Å². The number of anilines is 1. The molecule has 0 aliphatic rings. The van der Waals surface area contributed by atoms with Crippen molar-refractivity contribution in [2.24, 2.45) is 11.5 Å². The van der Waals surface area contributed by atoms with Crippen LogP contribution in [-0.4, -0.2) is 31.2 Å². The van der Waals surface area contributed by atoms with Gasteiger partial charge in [0.2, 0.25) is 0 Å². The topological polar surface area (TPSA) is 119 Å². The Morgan fingerprint density at radius 3 is 2.38 bits per heavy atom. The van der Waals surface area contributed by atoms with E-state index in [9.17, 15) is 9.59 Å². The molecule has 0 saturated carbocycles. The number of methoxy groups -OCH3 is 1. The van der Waals surface area contributed by atoms with Gasteiger partial charge >= 0.3 is 6.03 Å². The summed E-state index contributed by atoms with van der Waals surface area (Å²) in [5, 5.41) is 6.15. The molecule has 1 aromatic heterocycles. The number of nitrogens with two attached hydrogens (primary N) is 2. The van der Waals surface area contributed by atoms with Crippen LogP contribution < -0.4 is 22.1 Å². The summed E-state index contributed by atoms with van der Waals surface area (Å²) in [6.07, 6.45) is 0. The molecule has 0 atom stereocenters. The van der Waals surface area contributed by atoms with Gasteiger partial charge in [-0.3, -0.25) is 10.1 Å². The van der Waals surface area contributed by atoms with Crippen molar-refractivity contribution in [2.75, 3.05) is 19.0 Å². The molecule has 8 heteroatoms. The zero-order valence-electron chi connectivity index (χ0n) is 15.1. The van der Waals surface area contributed by atoms with Crippen LogP contribution in [0.3, 0.4) is 0 Å². The summed E-state index contributed by atoms with van der Waals surface area (Å²) in [7, 11) is 1.69. The van der Waals surface area contributed by atoms with Crippen molar-refractivity contribution in [1.29, 1.82) is 0 Å². The SMILES string of the molecule is COC(C)(C)CNCc1ccc(-c2cc(C(N)=O)c(NC(N)=O)s2)cc1. The first kappa shape index (κ1) is 19.9. The van der Waals surface area contributed by atoms with Gasteiger partial charge in [0.05, 0.1) is 11.2 Å². The number of amides is 3.